The summed E-state index contributed by atoms with van der Waals surface area (Å²) in [5.41, 5.74) is 5.85. The molecule has 0 unspecified atom stereocenters. The summed E-state index contributed by atoms with van der Waals surface area (Å²) in [7, 11) is 0. The van der Waals surface area contributed by atoms with Crippen LogP contribution in [0.3, 0.4) is 0 Å². The number of aromatic nitrogens is 2. The quantitative estimate of drug-likeness (QED) is 0.885. The van der Waals surface area contributed by atoms with Gasteiger partial charge in [-0.2, -0.15) is 4.98 Å². The topological polar surface area (TPSA) is 83.4 Å². The van der Waals surface area contributed by atoms with Gasteiger partial charge in [0.15, 0.2) is 17.3 Å². The van der Waals surface area contributed by atoms with Gasteiger partial charge in [-0.3, -0.25) is 0 Å². The first-order valence-corrected chi connectivity index (χ1v) is 5.90. The molecule has 6 nitrogen and oxygen atoms in total. The number of hydrogen-bond donors (Lipinski definition) is 1. The predicted molar refractivity (Wildman–Crippen MR) is 63.2 cm³/mol. The Hall–Kier alpha value is -2.15. The highest BCUT2D eigenvalue weighted by molar-refractivity contribution is 5.61. The van der Waals surface area contributed by atoms with Gasteiger partial charge in [-0.25, -0.2) is 4.39 Å². The molecule has 0 radical (unpaired) electrons. The molecule has 0 atom stereocenters. The summed E-state index contributed by atoms with van der Waals surface area (Å²) >= 11 is 0. The molecule has 0 spiro atoms. The molecule has 1 aromatic carbocycles. The average Bonchev–Trinajstić information content (AvgIpc) is 2.77. The molecule has 19 heavy (non-hydrogen) atoms. The molecule has 1 aliphatic heterocycles. The van der Waals surface area contributed by atoms with E-state index in [0.717, 1.165) is 0 Å². The molecule has 2 aromatic rings. The highest BCUT2D eigenvalue weighted by Crippen LogP contribution is 2.36. The molecule has 0 fully saturated rings. The van der Waals surface area contributed by atoms with Crippen LogP contribution in [-0.2, 0) is 6.54 Å². The number of fused-ring (bicyclic) bond motifs is 1. The van der Waals surface area contributed by atoms with Gasteiger partial charge in [-0.1, -0.05) is 5.16 Å². The van der Waals surface area contributed by atoms with Gasteiger partial charge in [0.05, 0.1) is 19.8 Å². The molecular weight excluding hydrogens is 253 g/mol. The van der Waals surface area contributed by atoms with Crippen molar-refractivity contribution in [2.75, 3.05) is 13.2 Å². The lowest BCUT2D eigenvalue weighted by Gasteiger charge is -2.09. The number of rotatable bonds is 2. The van der Waals surface area contributed by atoms with Gasteiger partial charge in [0.25, 0.3) is 0 Å². The van der Waals surface area contributed by atoms with E-state index in [1.54, 1.807) is 6.07 Å². The minimum atomic E-state index is -0.506. The Labute approximate surface area is 108 Å². The Morgan fingerprint density at radius 2 is 2.11 bits per heavy atom. The molecule has 0 saturated heterocycles. The second kappa shape index (κ2) is 4.85. The fourth-order valence-electron chi connectivity index (χ4n) is 1.81. The lowest BCUT2D eigenvalue weighted by molar-refractivity contribution is 0.292. The molecule has 7 heteroatoms. The lowest BCUT2D eigenvalue weighted by atomic mass is 10.2. The van der Waals surface area contributed by atoms with Gasteiger partial charge < -0.3 is 19.7 Å². The fourth-order valence-corrected chi connectivity index (χ4v) is 1.81. The maximum atomic E-state index is 14.0. The molecule has 0 aliphatic carbocycles. The molecule has 1 aromatic heterocycles. The van der Waals surface area contributed by atoms with Gasteiger partial charge in [-0.05, 0) is 12.1 Å². The van der Waals surface area contributed by atoms with Crippen LogP contribution >= 0.6 is 0 Å². The zero-order valence-corrected chi connectivity index (χ0v) is 10.1. The van der Waals surface area contributed by atoms with E-state index < -0.39 is 5.82 Å². The van der Waals surface area contributed by atoms with Crippen molar-refractivity contribution in [1.82, 2.24) is 10.1 Å². The van der Waals surface area contributed by atoms with Crippen LogP contribution in [0.25, 0.3) is 11.4 Å². The molecule has 2 N–H and O–H groups in total. The zero-order valence-electron chi connectivity index (χ0n) is 10.1. The van der Waals surface area contributed by atoms with Gasteiger partial charge in [0.2, 0.25) is 11.7 Å². The predicted octanol–water partition coefficient (Wildman–Crippen LogP) is 1.50. The summed E-state index contributed by atoms with van der Waals surface area (Å²) in [4.78, 5) is 4.05. The van der Waals surface area contributed by atoms with Crippen molar-refractivity contribution in [3.63, 3.8) is 0 Å². The van der Waals surface area contributed by atoms with Gasteiger partial charge in [0.1, 0.15) is 0 Å². The normalized spacial score (nSPS) is 14.2. The third kappa shape index (κ3) is 2.24. The first-order chi connectivity index (χ1) is 9.28. The smallest absolute Gasteiger partial charge is 0.240 e. The molecule has 0 bridgehead atoms. The standard InChI is InChI=1S/C12H12FN3O3/c13-8-4-7(12-15-10(6-14)19-16-12)5-9-11(8)18-3-1-2-17-9/h4-5H,1-3,6,14H2. The number of nitrogens with zero attached hydrogens (tertiary/aromatic N) is 2. The first-order valence-electron chi connectivity index (χ1n) is 5.90. The van der Waals surface area contributed by atoms with Crippen LogP contribution in [-0.4, -0.2) is 23.4 Å². The van der Waals surface area contributed by atoms with Crippen LogP contribution in [0.2, 0.25) is 0 Å². The average molecular weight is 265 g/mol. The van der Waals surface area contributed by atoms with E-state index in [1.807, 2.05) is 0 Å². The minimum absolute atomic E-state index is 0.129. The van der Waals surface area contributed by atoms with E-state index in [2.05, 4.69) is 10.1 Å². The van der Waals surface area contributed by atoms with Crippen molar-refractivity contribution in [2.45, 2.75) is 13.0 Å². The lowest BCUT2D eigenvalue weighted by Crippen LogP contribution is -1.98. The largest absolute Gasteiger partial charge is 0.489 e. The van der Waals surface area contributed by atoms with Gasteiger partial charge in [-0.15, -0.1) is 0 Å². The van der Waals surface area contributed by atoms with Crippen LogP contribution in [0.15, 0.2) is 16.7 Å². The molecule has 0 amide bonds. The summed E-state index contributed by atoms with van der Waals surface area (Å²) in [5, 5.41) is 3.74. The molecule has 2 heterocycles. The van der Waals surface area contributed by atoms with Crippen LogP contribution in [0.1, 0.15) is 12.3 Å². The van der Waals surface area contributed by atoms with Crippen molar-refractivity contribution >= 4 is 0 Å². The van der Waals surface area contributed by atoms with Crippen molar-refractivity contribution in [3.05, 3.63) is 23.8 Å². The molecular formula is C12H12FN3O3. The third-order valence-electron chi connectivity index (χ3n) is 2.70. The number of ether oxygens (including phenoxy) is 2. The molecule has 100 valence electrons. The van der Waals surface area contributed by atoms with Crippen LogP contribution in [0.4, 0.5) is 4.39 Å². The minimum Gasteiger partial charge on any atom is -0.489 e. The number of halogens is 1. The number of nitrogens with two attached hydrogens (primary N) is 1. The number of hydrogen-bond acceptors (Lipinski definition) is 6. The summed E-state index contributed by atoms with van der Waals surface area (Å²) < 4.78 is 29.6. The van der Waals surface area contributed by atoms with E-state index in [0.29, 0.717) is 36.8 Å². The van der Waals surface area contributed by atoms with Crippen LogP contribution in [0.5, 0.6) is 11.5 Å². The van der Waals surface area contributed by atoms with Crippen molar-refractivity contribution in [3.8, 4) is 22.9 Å². The van der Waals surface area contributed by atoms with Crippen LogP contribution < -0.4 is 15.2 Å². The Balaban J connectivity index is 2.03. The van der Waals surface area contributed by atoms with Crippen molar-refractivity contribution < 1.29 is 18.4 Å². The van der Waals surface area contributed by atoms with Crippen molar-refractivity contribution in [2.24, 2.45) is 5.73 Å². The van der Waals surface area contributed by atoms with E-state index in [1.165, 1.54) is 6.07 Å². The summed E-state index contributed by atoms with van der Waals surface area (Å²) in [6.45, 7) is 1.05. The van der Waals surface area contributed by atoms with E-state index in [-0.39, 0.29) is 18.1 Å². The van der Waals surface area contributed by atoms with Crippen LogP contribution in [0, 0.1) is 5.82 Å². The highest BCUT2D eigenvalue weighted by atomic mass is 19.1. The Kier molecular flexibility index (Phi) is 3.04. The summed E-state index contributed by atoms with van der Waals surface area (Å²) in [5.74, 6) is 0.543. The first kappa shape index (κ1) is 11.9. The van der Waals surface area contributed by atoms with Crippen molar-refractivity contribution in [1.29, 1.82) is 0 Å². The van der Waals surface area contributed by atoms with E-state index >= 15 is 0 Å². The third-order valence-corrected chi connectivity index (χ3v) is 2.70. The second-order valence-electron chi connectivity index (χ2n) is 4.05. The maximum absolute atomic E-state index is 14.0. The zero-order chi connectivity index (χ0) is 13.2. The summed E-state index contributed by atoms with van der Waals surface area (Å²) in [6, 6.07) is 2.92. The number of benzene rings is 1. The monoisotopic (exact) mass is 265 g/mol. The highest BCUT2D eigenvalue weighted by Gasteiger charge is 2.19. The van der Waals surface area contributed by atoms with Gasteiger partial charge >= 0.3 is 0 Å². The summed E-state index contributed by atoms with van der Waals surface area (Å²) in [6.07, 6.45) is 0.711. The van der Waals surface area contributed by atoms with Gasteiger partial charge in [0, 0.05) is 12.0 Å². The SMILES string of the molecule is NCc1nc(-c2cc(F)c3c(c2)OCCCO3)no1. The molecule has 1 aliphatic rings. The molecule has 0 saturated carbocycles. The maximum Gasteiger partial charge on any atom is 0.240 e. The van der Waals surface area contributed by atoms with E-state index in [9.17, 15) is 4.39 Å². The fraction of sp³-hybridized carbons (Fsp3) is 0.333. The Morgan fingerprint density at radius 1 is 1.26 bits per heavy atom. The van der Waals surface area contributed by atoms with E-state index in [4.69, 9.17) is 19.7 Å². The molecule has 3 rings (SSSR count). The second-order valence-corrected chi connectivity index (χ2v) is 4.05. The Bertz CT molecular complexity index is 600. The Morgan fingerprint density at radius 3 is 2.89 bits per heavy atom.